The number of carbonyl (C=O) groups excluding carboxylic acids is 1. The van der Waals surface area contributed by atoms with Crippen molar-refractivity contribution in [1.82, 2.24) is 10.2 Å². The van der Waals surface area contributed by atoms with E-state index in [1.165, 1.54) is 11.1 Å². The monoisotopic (exact) mass is 334 g/mol. The number of hydrogen-bond acceptors (Lipinski definition) is 4. The molecule has 5 nitrogen and oxygen atoms in total. The maximum Gasteiger partial charge on any atom is 0.234 e. The highest BCUT2D eigenvalue weighted by Gasteiger charge is 2.29. The van der Waals surface area contributed by atoms with Crippen LogP contribution < -0.4 is 5.32 Å². The first kappa shape index (κ1) is 16.2. The second-order valence-corrected chi connectivity index (χ2v) is 8.48. The second kappa shape index (κ2) is 6.84. The summed E-state index contributed by atoms with van der Waals surface area (Å²) in [6.45, 7) is 1.92. The first-order chi connectivity index (χ1) is 11.0. The van der Waals surface area contributed by atoms with E-state index < -0.39 is 9.84 Å². The summed E-state index contributed by atoms with van der Waals surface area (Å²) in [6, 6.07) is 10.1. The lowest BCUT2D eigenvalue weighted by molar-refractivity contribution is -0.122. The molecule has 1 N–H and O–H groups in total. The molecule has 0 radical (unpaired) electrons. The molecular formula is C17H22N2O3S. The summed E-state index contributed by atoms with van der Waals surface area (Å²) in [5.74, 6) is 0.186. The zero-order valence-electron chi connectivity index (χ0n) is 13.1. The van der Waals surface area contributed by atoms with Crippen LogP contribution in [0, 0.1) is 0 Å². The van der Waals surface area contributed by atoms with Crippen LogP contribution in [-0.4, -0.2) is 56.4 Å². The fraction of sp³-hybridized carbons (Fsp3) is 0.471. The van der Waals surface area contributed by atoms with Gasteiger partial charge in [0.15, 0.2) is 9.84 Å². The molecule has 1 amide bonds. The van der Waals surface area contributed by atoms with Crippen LogP contribution in [0.2, 0.25) is 0 Å². The van der Waals surface area contributed by atoms with Gasteiger partial charge in [-0.2, -0.15) is 0 Å². The van der Waals surface area contributed by atoms with Gasteiger partial charge < -0.3 is 5.32 Å². The normalized spacial score (nSPS) is 24.2. The molecule has 0 spiro atoms. The summed E-state index contributed by atoms with van der Waals surface area (Å²) < 4.78 is 22.8. The smallest absolute Gasteiger partial charge is 0.234 e. The third kappa shape index (κ3) is 4.42. The van der Waals surface area contributed by atoms with Gasteiger partial charge in [0.1, 0.15) is 0 Å². The number of hydrogen-bond donors (Lipinski definition) is 1. The number of benzene rings is 1. The van der Waals surface area contributed by atoms with Gasteiger partial charge in [-0.1, -0.05) is 36.4 Å². The molecule has 23 heavy (non-hydrogen) atoms. The van der Waals surface area contributed by atoms with Gasteiger partial charge in [0.25, 0.3) is 0 Å². The topological polar surface area (TPSA) is 66.5 Å². The summed E-state index contributed by atoms with van der Waals surface area (Å²) in [6.07, 6.45) is 3.63. The van der Waals surface area contributed by atoms with Gasteiger partial charge in [-0.3, -0.25) is 9.69 Å². The van der Waals surface area contributed by atoms with Gasteiger partial charge in [-0.05, 0) is 24.0 Å². The number of nitrogens with zero attached hydrogens (tertiary/aromatic N) is 1. The lowest BCUT2D eigenvalue weighted by Crippen LogP contribution is -2.43. The molecule has 1 aromatic rings. The molecule has 0 aliphatic carbocycles. The maximum atomic E-state index is 12.1. The van der Waals surface area contributed by atoms with Crippen LogP contribution in [0.1, 0.15) is 18.4 Å². The Balaban J connectivity index is 1.49. The second-order valence-electron chi connectivity index (χ2n) is 6.25. The van der Waals surface area contributed by atoms with Crippen LogP contribution in [0.15, 0.2) is 36.4 Å². The Morgan fingerprint density at radius 1 is 1.26 bits per heavy atom. The number of nitrogens with one attached hydrogen (secondary N) is 1. The highest BCUT2D eigenvalue weighted by atomic mass is 32.2. The molecule has 0 unspecified atom stereocenters. The molecule has 1 atom stereocenters. The third-order valence-electron chi connectivity index (χ3n) is 4.40. The van der Waals surface area contributed by atoms with Gasteiger partial charge in [0.2, 0.25) is 5.91 Å². The Morgan fingerprint density at radius 3 is 2.65 bits per heavy atom. The number of rotatable bonds is 4. The standard InChI is InChI=1S/C17H22N2O3S/c20-17(18-16-8-11-23(21,22)13-16)12-19-9-6-15(7-10-19)14-4-2-1-3-5-14/h1-6,16H,7-13H2,(H,18,20)/t16-/m0/s1. The largest absolute Gasteiger partial charge is 0.351 e. The number of sulfone groups is 1. The third-order valence-corrected chi connectivity index (χ3v) is 6.17. The first-order valence-electron chi connectivity index (χ1n) is 7.98. The van der Waals surface area contributed by atoms with E-state index in [-0.39, 0.29) is 23.5 Å². The van der Waals surface area contributed by atoms with Crippen LogP contribution in [0.3, 0.4) is 0 Å². The van der Waals surface area contributed by atoms with Crippen LogP contribution in [0.5, 0.6) is 0 Å². The molecule has 0 bridgehead atoms. The molecule has 0 saturated carbocycles. The Morgan fingerprint density at radius 2 is 2.04 bits per heavy atom. The highest BCUT2D eigenvalue weighted by Crippen LogP contribution is 2.21. The van der Waals surface area contributed by atoms with E-state index in [4.69, 9.17) is 0 Å². The molecule has 1 fully saturated rings. The zero-order chi connectivity index (χ0) is 16.3. The van der Waals surface area contributed by atoms with Crippen molar-refractivity contribution < 1.29 is 13.2 Å². The molecule has 0 aromatic heterocycles. The van der Waals surface area contributed by atoms with E-state index in [0.717, 1.165) is 19.5 Å². The molecule has 2 aliphatic rings. The Labute approximate surface area is 137 Å². The van der Waals surface area contributed by atoms with Crippen molar-refractivity contribution in [2.75, 3.05) is 31.1 Å². The van der Waals surface area contributed by atoms with E-state index in [1.54, 1.807) is 0 Å². The van der Waals surface area contributed by atoms with E-state index in [0.29, 0.717) is 13.0 Å². The van der Waals surface area contributed by atoms with E-state index >= 15 is 0 Å². The minimum Gasteiger partial charge on any atom is -0.351 e. The summed E-state index contributed by atoms with van der Waals surface area (Å²) in [4.78, 5) is 14.2. The molecule has 1 saturated heterocycles. The van der Waals surface area contributed by atoms with Crippen molar-refractivity contribution in [2.45, 2.75) is 18.9 Å². The van der Waals surface area contributed by atoms with Crippen LogP contribution in [0.25, 0.3) is 5.57 Å². The molecule has 124 valence electrons. The van der Waals surface area contributed by atoms with Crippen molar-refractivity contribution in [3.05, 3.63) is 42.0 Å². The summed E-state index contributed by atoms with van der Waals surface area (Å²) in [5, 5.41) is 2.84. The van der Waals surface area contributed by atoms with E-state index in [2.05, 4.69) is 28.4 Å². The van der Waals surface area contributed by atoms with Crippen LogP contribution in [-0.2, 0) is 14.6 Å². The van der Waals surface area contributed by atoms with Crippen molar-refractivity contribution in [2.24, 2.45) is 0 Å². The lowest BCUT2D eigenvalue weighted by Gasteiger charge is -2.26. The van der Waals surface area contributed by atoms with Crippen LogP contribution >= 0.6 is 0 Å². The minimum absolute atomic E-state index is 0.0799. The predicted molar refractivity (Wildman–Crippen MR) is 90.7 cm³/mol. The van der Waals surface area contributed by atoms with Crippen molar-refractivity contribution in [3.63, 3.8) is 0 Å². The summed E-state index contributed by atoms with van der Waals surface area (Å²) >= 11 is 0. The molecule has 2 aliphatic heterocycles. The minimum atomic E-state index is -2.95. The fourth-order valence-corrected chi connectivity index (χ4v) is 4.83. The number of carbonyl (C=O) groups is 1. The quantitative estimate of drug-likeness (QED) is 0.895. The van der Waals surface area contributed by atoms with Gasteiger partial charge in [0, 0.05) is 19.1 Å². The number of amides is 1. The highest BCUT2D eigenvalue weighted by molar-refractivity contribution is 7.91. The van der Waals surface area contributed by atoms with Crippen LogP contribution in [0.4, 0.5) is 0 Å². The van der Waals surface area contributed by atoms with Crippen molar-refractivity contribution >= 4 is 21.3 Å². The zero-order valence-corrected chi connectivity index (χ0v) is 13.9. The fourth-order valence-electron chi connectivity index (χ4n) is 3.15. The average molecular weight is 334 g/mol. The average Bonchev–Trinajstić information content (AvgIpc) is 2.87. The Hall–Kier alpha value is -1.66. The van der Waals surface area contributed by atoms with Crippen molar-refractivity contribution in [3.8, 4) is 0 Å². The SMILES string of the molecule is O=C(CN1CC=C(c2ccccc2)CC1)N[C@H]1CCS(=O)(=O)C1. The van der Waals surface area contributed by atoms with E-state index in [1.807, 2.05) is 18.2 Å². The molecule has 2 heterocycles. The summed E-state index contributed by atoms with van der Waals surface area (Å²) in [5.41, 5.74) is 2.57. The Kier molecular flexibility index (Phi) is 4.82. The van der Waals surface area contributed by atoms with Gasteiger partial charge in [-0.25, -0.2) is 8.42 Å². The predicted octanol–water partition coefficient (Wildman–Crippen LogP) is 1.08. The van der Waals surface area contributed by atoms with E-state index in [9.17, 15) is 13.2 Å². The lowest BCUT2D eigenvalue weighted by atomic mass is 10.00. The molecule has 1 aromatic carbocycles. The van der Waals surface area contributed by atoms with Gasteiger partial charge >= 0.3 is 0 Å². The maximum absolute atomic E-state index is 12.1. The van der Waals surface area contributed by atoms with Crippen molar-refractivity contribution in [1.29, 1.82) is 0 Å². The Bertz CT molecular complexity index is 698. The molecular weight excluding hydrogens is 312 g/mol. The van der Waals surface area contributed by atoms with Gasteiger partial charge in [-0.15, -0.1) is 0 Å². The summed E-state index contributed by atoms with van der Waals surface area (Å²) in [7, 11) is -2.95. The first-order valence-corrected chi connectivity index (χ1v) is 9.80. The van der Waals surface area contributed by atoms with Gasteiger partial charge in [0.05, 0.1) is 18.1 Å². The molecule has 6 heteroatoms. The molecule has 3 rings (SSSR count).